The fourth-order valence-corrected chi connectivity index (χ4v) is 3.69. The lowest BCUT2D eigenvalue weighted by atomic mass is 9.79. The highest BCUT2D eigenvalue weighted by atomic mass is 32.2. The van der Waals surface area contributed by atoms with Gasteiger partial charge in [0.2, 0.25) is 10.0 Å². The molecule has 0 bridgehead atoms. The predicted molar refractivity (Wildman–Crippen MR) is 107 cm³/mol. The Morgan fingerprint density at radius 3 is 2.00 bits per heavy atom. The maximum absolute atomic E-state index is 12.9. The van der Waals surface area contributed by atoms with Crippen LogP contribution in [0.4, 0.5) is 0 Å². The number of esters is 2. The van der Waals surface area contributed by atoms with Crippen LogP contribution in [0.5, 0.6) is 0 Å². The van der Waals surface area contributed by atoms with Crippen molar-refractivity contribution in [2.75, 3.05) is 6.61 Å². The molecule has 0 spiro atoms. The molecular weight excluding hydrogens is 398 g/mol. The summed E-state index contributed by atoms with van der Waals surface area (Å²) in [6, 6.07) is 4.09. The minimum Gasteiger partial charge on any atom is -0.465 e. The molecule has 1 aromatic carbocycles. The van der Waals surface area contributed by atoms with Gasteiger partial charge in [-0.05, 0) is 60.6 Å². The number of aryl methyl sites for hydroxylation is 1. The van der Waals surface area contributed by atoms with Gasteiger partial charge in [-0.15, -0.1) is 0 Å². The molecule has 0 aromatic heterocycles. The molecule has 0 aliphatic heterocycles. The van der Waals surface area contributed by atoms with Crippen molar-refractivity contribution in [2.24, 2.45) is 5.41 Å². The van der Waals surface area contributed by atoms with E-state index in [1.165, 1.54) is 26.0 Å². The highest BCUT2D eigenvalue weighted by Gasteiger charge is 2.54. The summed E-state index contributed by atoms with van der Waals surface area (Å²) in [5.41, 5.74) is -2.24. The van der Waals surface area contributed by atoms with E-state index in [4.69, 9.17) is 9.47 Å². The van der Waals surface area contributed by atoms with Gasteiger partial charge >= 0.3 is 11.9 Å². The van der Waals surface area contributed by atoms with Gasteiger partial charge in [0.25, 0.3) is 0 Å². The lowest BCUT2D eigenvalue weighted by Gasteiger charge is -2.34. The molecule has 0 saturated carbocycles. The number of rotatable bonds is 8. The molecule has 0 heterocycles. The minimum atomic E-state index is -4.24. The average Bonchev–Trinajstić information content (AvgIpc) is 2.57. The van der Waals surface area contributed by atoms with Crippen molar-refractivity contribution in [3.63, 3.8) is 0 Å². The van der Waals surface area contributed by atoms with E-state index in [1.54, 1.807) is 39.8 Å². The largest absolute Gasteiger partial charge is 0.465 e. The molecule has 0 aliphatic carbocycles. The number of ketones is 1. The van der Waals surface area contributed by atoms with E-state index in [0.717, 1.165) is 12.5 Å². The van der Waals surface area contributed by atoms with Crippen LogP contribution in [0.1, 0.15) is 47.1 Å². The SMILES string of the molecule is CCOC(=O)[C@H](NS(=O)(=O)c1ccc(C)cc1)[C@](C)(C(C)=O)C(=O)OC(C)(C)C. The second kappa shape index (κ2) is 9.04. The molecule has 29 heavy (non-hydrogen) atoms. The standard InChI is InChI=1S/C20H29NO7S/c1-8-27-17(23)16(20(7,14(3)22)18(24)28-19(4,5)6)21-29(25,26)15-11-9-13(2)10-12-15/h9-12,16,21H,8H2,1-7H3/t16-,20-/m0/s1. The number of sulfonamides is 1. The number of hydrogen-bond donors (Lipinski definition) is 1. The van der Waals surface area contributed by atoms with Crippen LogP contribution < -0.4 is 4.72 Å². The zero-order chi connectivity index (χ0) is 22.6. The second-order valence-corrected chi connectivity index (χ2v) is 9.59. The van der Waals surface area contributed by atoms with Gasteiger partial charge in [-0.2, -0.15) is 4.72 Å². The number of ether oxygens (including phenoxy) is 2. The Bertz CT molecular complexity index is 869. The van der Waals surface area contributed by atoms with Crippen molar-refractivity contribution in [2.45, 2.75) is 65.0 Å². The fourth-order valence-electron chi connectivity index (χ4n) is 2.42. The molecule has 0 radical (unpaired) electrons. The number of nitrogens with one attached hydrogen (secondary N) is 1. The van der Waals surface area contributed by atoms with E-state index in [-0.39, 0.29) is 11.5 Å². The van der Waals surface area contributed by atoms with Crippen LogP contribution >= 0.6 is 0 Å². The summed E-state index contributed by atoms with van der Waals surface area (Å²) < 4.78 is 38.2. The zero-order valence-corrected chi connectivity index (χ0v) is 18.7. The maximum Gasteiger partial charge on any atom is 0.325 e. The first-order chi connectivity index (χ1) is 13.1. The zero-order valence-electron chi connectivity index (χ0n) is 17.9. The highest BCUT2D eigenvalue weighted by Crippen LogP contribution is 2.30. The fraction of sp³-hybridized carbons (Fsp3) is 0.550. The Morgan fingerprint density at radius 2 is 1.59 bits per heavy atom. The van der Waals surface area contributed by atoms with E-state index in [1.807, 2.05) is 0 Å². The first-order valence-electron chi connectivity index (χ1n) is 9.15. The molecule has 0 fully saturated rings. The van der Waals surface area contributed by atoms with Gasteiger partial charge in [0.1, 0.15) is 22.8 Å². The Hall–Kier alpha value is -2.26. The number of carbonyl (C=O) groups is 3. The molecule has 0 saturated heterocycles. The summed E-state index contributed by atoms with van der Waals surface area (Å²) in [6.07, 6.45) is 0. The lowest BCUT2D eigenvalue weighted by molar-refractivity contribution is -0.175. The van der Waals surface area contributed by atoms with Crippen LogP contribution in [-0.4, -0.2) is 44.4 Å². The predicted octanol–water partition coefficient (Wildman–Crippen LogP) is 2.14. The number of benzene rings is 1. The van der Waals surface area contributed by atoms with Crippen molar-refractivity contribution >= 4 is 27.7 Å². The van der Waals surface area contributed by atoms with E-state index < -0.39 is 44.8 Å². The molecule has 0 unspecified atom stereocenters. The Kier molecular flexibility index (Phi) is 7.73. The third-order valence-electron chi connectivity index (χ3n) is 4.26. The first kappa shape index (κ1) is 24.8. The highest BCUT2D eigenvalue weighted by molar-refractivity contribution is 7.89. The van der Waals surface area contributed by atoms with Gasteiger partial charge < -0.3 is 9.47 Å². The Balaban J connectivity index is 3.48. The number of hydrogen-bond acceptors (Lipinski definition) is 7. The van der Waals surface area contributed by atoms with E-state index in [0.29, 0.717) is 0 Å². The molecule has 2 atom stereocenters. The average molecular weight is 428 g/mol. The molecular formula is C20H29NO7S. The summed E-state index contributed by atoms with van der Waals surface area (Å²) in [5, 5.41) is 0. The smallest absolute Gasteiger partial charge is 0.325 e. The minimum absolute atomic E-state index is 0.0656. The Labute approximate surface area is 172 Å². The van der Waals surface area contributed by atoms with Gasteiger partial charge in [-0.1, -0.05) is 17.7 Å². The van der Waals surface area contributed by atoms with Gasteiger partial charge in [-0.25, -0.2) is 8.42 Å². The summed E-state index contributed by atoms with van der Waals surface area (Å²) in [7, 11) is -4.24. The van der Waals surface area contributed by atoms with Crippen molar-refractivity contribution in [1.82, 2.24) is 4.72 Å². The summed E-state index contributed by atoms with van der Waals surface area (Å²) in [5.74, 6) is -2.81. The lowest BCUT2D eigenvalue weighted by Crippen LogP contribution is -2.59. The monoisotopic (exact) mass is 427 g/mol. The summed E-state index contributed by atoms with van der Waals surface area (Å²) in [4.78, 5) is 37.8. The third kappa shape index (κ3) is 6.11. The second-order valence-electron chi connectivity index (χ2n) is 7.88. The topological polar surface area (TPSA) is 116 Å². The normalized spacial score (nSPS) is 15.1. The molecule has 0 amide bonds. The number of Topliss-reactive ketones (excluding diaryl/α,β-unsaturated/α-hetero) is 1. The van der Waals surface area contributed by atoms with Gasteiger partial charge in [0, 0.05) is 0 Å². The van der Waals surface area contributed by atoms with E-state index in [2.05, 4.69) is 4.72 Å². The Morgan fingerprint density at radius 1 is 1.07 bits per heavy atom. The molecule has 162 valence electrons. The maximum atomic E-state index is 12.9. The van der Waals surface area contributed by atoms with E-state index in [9.17, 15) is 22.8 Å². The van der Waals surface area contributed by atoms with Gasteiger partial charge in [0.15, 0.2) is 0 Å². The van der Waals surface area contributed by atoms with Crippen LogP contribution in [0, 0.1) is 12.3 Å². The van der Waals surface area contributed by atoms with Crippen molar-refractivity contribution in [3.8, 4) is 0 Å². The summed E-state index contributed by atoms with van der Waals surface area (Å²) in [6.45, 7) is 10.3. The summed E-state index contributed by atoms with van der Waals surface area (Å²) >= 11 is 0. The molecule has 9 heteroatoms. The van der Waals surface area contributed by atoms with Crippen LogP contribution in [0.15, 0.2) is 29.2 Å². The van der Waals surface area contributed by atoms with E-state index >= 15 is 0 Å². The molecule has 1 rings (SSSR count). The van der Waals surface area contributed by atoms with Gasteiger partial charge in [0.05, 0.1) is 11.5 Å². The van der Waals surface area contributed by atoms with Crippen LogP contribution in [0.2, 0.25) is 0 Å². The van der Waals surface area contributed by atoms with Crippen LogP contribution in [0.3, 0.4) is 0 Å². The molecule has 8 nitrogen and oxygen atoms in total. The first-order valence-corrected chi connectivity index (χ1v) is 10.6. The molecule has 1 N–H and O–H groups in total. The van der Waals surface area contributed by atoms with Crippen LogP contribution in [-0.2, 0) is 33.9 Å². The van der Waals surface area contributed by atoms with Crippen molar-refractivity contribution in [3.05, 3.63) is 29.8 Å². The third-order valence-corrected chi connectivity index (χ3v) is 5.70. The number of carbonyl (C=O) groups excluding carboxylic acids is 3. The van der Waals surface area contributed by atoms with Crippen molar-refractivity contribution < 1.29 is 32.3 Å². The molecule has 0 aliphatic rings. The van der Waals surface area contributed by atoms with Crippen LogP contribution in [0.25, 0.3) is 0 Å². The molecule has 1 aromatic rings. The van der Waals surface area contributed by atoms with Crippen molar-refractivity contribution in [1.29, 1.82) is 0 Å². The quantitative estimate of drug-likeness (QED) is 0.499. The van der Waals surface area contributed by atoms with Gasteiger partial charge in [-0.3, -0.25) is 14.4 Å².